The van der Waals surface area contributed by atoms with E-state index in [0.29, 0.717) is 18.0 Å². The Labute approximate surface area is 201 Å². The minimum Gasteiger partial charge on any atom is -0.371 e. The summed E-state index contributed by atoms with van der Waals surface area (Å²) in [4.78, 5) is 43.7. The number of rotatable bonds is 5. The van der Waals surface area contributed by atoms with Gasteiger partial charge in [-0.25, -0.2) is 9.67 Å². The average molecular weight is 479 g/mol. The third-order valence-electron chi connectivity index (χ3n) is 6.01. The van der Waals surface area contributed by atoms with Gasteiger partial charge in [-0.05, 0) is 38.0 Å². The minimum atomic E-state index is -0.681. The van der Waals surface area contributed by atoms with Crippen molar-refractivity contribution in [1.29, 1.82) is 0 Å². The number of likely N-dealkylation sites (N-methyl/N-ethyl adjacent to an activating group) is 1. The summed E-state index contributed by atoms with van der Waals surface area (Å²) in [5.41, 5.74) is 3.54. The summed E-state index contributed by atoms with van der Waals surface area (Å²) >= 11 is 1.56. The van der Waals surface area contributed by atoms with Crippen molar-refractivity contribution < 1.29 is 9.59 Å². The second-order valence-corrected chi connectivity index (χ2v) is 9.56. The molecule has 1 fully saturated rings. The number of hydrogen-bond acceptors (Lipinski definition) is 8. The van der Waals surface area contributed by atoms with Gasteiger partial charge in [-0.1, -0.05) is 0 Å². The van der Waals surface area contributed by atoms with Crippen molar-refractivity contribution in [2.24, 2.45) is 0 Å². The molecule has 3 aromatic rings. The molecule has 4 heterocycles. The molecule has 2 aromatic heterocycles. The molecule has 2 aliphatic rings. The van der Waals surface area contributed by atoms with Crippen LogP contribution in [0.15, 0.2) is 41.8 Å². The fourth-order valence-electron chi connectivity index (χ4n) is 4.13. The predicted octanol–water partition coefficient (Wildman–Crippen LogP) is 1.89. The summed E-state index contributed by atoms with van der Waals surface area (Å²) in [6, 6.07) is 5.58. The summed E-state index contributed by atoms with van der Waals surface area (Å²) in [6.45, 7) is 4.30. The number of aryl methyl sites for hydroxylation is 1. The standard InChI is InChI=1S/C23H26N8O2S/c1-15-10-25-16(11-24-15)12-31-14-26-21(28-31)22(32)27-18-13-34-20-6-5-17(30-7-3-4-8-30)9-19(20)29(2)23(18)33/h5-6,9-11,14,18H,3-4,7-8,12-13H2,1-2H3,(H,27,32)/t18-/m0/s1. The molecule has 2 aliphatic heterocycles. The van der Waals surface area contributed by atoms with E-state index >= 15 is 0 Å². The van der Waals surface area contributed by atoms with Crippen molar-refractivity contribution in [3.8, 4) is 0 Å². The lowest BCUT2D eigenvalue weighted by Crippen LogP contribution is -2.48. The minimum absolute atomic E-state index is 0.0126. The number of aromatic nitrogens is 5. The van der Waals surface area contributed by atoms with Crippen molar-refractivity contribution in [2.75, 3.05) is 35.7 Å². The highest BCUT2D eigenvalue weighted by Crippen LogP contribution is 2.37. The number of carbonyl (C=O) groups excluding carboxylic acids is 2. The Kier molecular flexibility index (Phi) is 6.18. The third kappa shape index (κ3) is 4.60. The van der Waals surface area contributed by atoms with Gasteiger partial charge in [0.2, 0.25) is 11.7 Å². The van der Waals surface area contributed by atoms with E-state index in [-0.39, 0.29) is 11.7 Å². The number of carbonyl (C=O) groups is 2. The molecular formula is C23H26N8O2S. The molecule has 1 atom stereocenters. The van der Waals surface area contributed by atoms with Gasteiger partial charge in [-0.2, -0.15) is 0 Å². The molecule has 11 heteroatoms. The maximum atomic E-state index is 13.2. The molecule has 1 aromatic carbocycles. The van der Waals surface area contributed by atoms with Crippen LogP contribution in [0.1, 0.15) is 34.8 Å². The Morgan fingerprint density at radius 3 is 2.76 bits per heavy atom. The first-order chi connectivity index (χ1) is 16.5. The van der Waals surface area contributed by atoms with Gasteiger partial charge in [0.05, 0.1) is 29.8 Å². The number of benzene rings is 1. The molecule has 176 valence electrons. The van der Waals surface area contributed by atoms with E-state index in [1.54, 1.807) is 36.1 Å². The van der Waals surface area contributed by atoms with Gasteiger partial charge in [0, 0.05) is 42.7 Å². The smallest absolute Gasteiger partial charge is 0.291 e. The number of thioether (sulfide) groups is 1. The zero-order valence-electron chi connectivity index (χ0n) is 19.1. The summed E-state index contributed by atoms with van der Waals surface area (Å²) < 4.78 is 1.53. The van der Waals surface area contributed by atoms with E-state index in [9.17, 15) is 9.59 Å². The van der Waals surface area contributed by atoms with Crippen LogP contribution in [0.3, 0.4) is 0 Å². The normalized spacial score (nSPS) is 18.1. The van der Waals surface area contributed by atoms with Crippen LogP contribution < -0.4 is 15.1 Å². The Morgan fingerprint density at radius 2 is 2.00 bits per heavy atom. The van der Waals surface area contributed by atoms with E-state index in [0.717, 1.165) is 35.1 Å². The first kappa shape index (κ1) is 22.3. The molecule has 1 N–H and O–H groups in total. The van der Waals surface area contributed by atoms with Gasteiger partial charge in [0.25, 0.3) is 5.91 Å². The molecule has 0 spiro atoms. The van der Waals surface area contributed by atoms with Gasteiger partial charge in [0.15, 0.2) is 0 Å². The maximum Gasteiger partial charge on any atom is 0.291 e. The summed E-state index contributed by atoms with van der Waals surface area (Å²) in [5, 5.41) is 7.06. The first-order valence-electron chi connectivity index (χ1n) is 11.2. The van der Waals surface area contributed by atoms with Crippen molar-refractivity contribution in [3.63, 3.8) is 0 Å². The summed E-state index contributed by atoms with van der Waals surface area (Å²) in [5.74, 6) is -0.194. The molecule has 2 amide bonds. The Morgan fingerprint density at radius 1 is 1.18 bits per heavy atom. The largest absolute Gasteiger partial charge is 0.371 e. The van der Waals surface area contributed by atoms with E-state index < -0.39 is 11.9 Å². The number of amides is 2. The number of anilines is 2. The SMILES string of the molecule is Cc1cnc(Cn2cnc(C(=O)N[C@H]3CSc4ccc(N5CCCC5)cc4N(C)C3=O)n2)cn1. The van der Waals surface area contributed by atoms with E-state index in [1.165, 1.54) is 23.9 Å². The molecule has 1 saturated heterocycles. The molecule has 5 rings (SSSR count). The zero-order valence-corrected chi connectivity index (χ0v) is 20.0. The molecule has 0 radical (unpaired) electrons. The van der Waals surface area contributed by atoms with Crippen LogP contribution in [0, 0.1) is 6.92 Å². The second-order valence-electron chi connectivity index (χ2n) is 8.50. The fraction of sp³-hybridized carbons (Fsp3) is 0.391. The van der Waals surface area contributed by atoms with Crippen LogP contribution >= 0.6 is 11.8 Å². The number of fused-ring (bicyclic) bond motifs is 1. The van der Waals surface area contributed by atoms with Gasteiger partial charge in [0.1, 0.15) is 12.4 Å². The molecule has 10 nitrogen and oxygen atoms in total. The van der Waals surface area contributed by atoms with Gasteiger partial charge in [-0.15, -0.1) is 16.9 Å². The second kappa shape index (κ2) is 9.41. The van der Waals surface area contributed by atoms with E-state index in [2.05, 4.69) is 48.5 Å². The van der Waals surface area contributed by atoms with Gasteiger partial charge >= 0.3 is 0 Å². The van der Waals surface area contributed by atoms with Gasteiger partial charge in [-0.3, -0.25) is 19.6 Å². The molecule has 0 unspecified atom stereocenters. The summed E-state index contributed by atoms with van der Waals surface area (Å²) in [6.07, 6.45) is 7.20. The highest BCUT2D eigenvalue weighted by molar-refractivity contribution is 7.99. The topological polar surface area (TPSA) is 109 Å². The quantitative estimate of drug-likeness (QED) is 0.592. The lowest BCUT2D eigenvalue weighted by atomic mass is 10.2. The van der Waals surface area contributed by atoms with E-state index in [4.69, 9.17) is 0 Å². The van der Waals surface area contributed by atoms with E-state index in [1.807, 2.05) is 6.92 Å². The lowest BCUT2D eigenvalue weighted by molar-refractivity contribution is -0.119. The monoisotopic (exact) mass is 478 g/mol. The van der Waals surface area contributed by atoms with Crippen LogP contribution in [0.4, 0.5) is 11.4 Å². The Bertz CT molecular complexity index is 1210. The molecular weight excluding hydrogens is 452 g/mol. The molecule has 34 heavy (non-hydrogen) atoms. The third-order valence-corrected chi connectivity index (χ3v) is 7.17. The Hall–Kier alpha value is -3.47. The van der Waals surface area contributed by atoms with Crippen molar-refractivity contribution in [3.05, 3.63) is 54.1 Å². The van der Waals surface area contributed by atoms with Crippen LogP contribution in [-0.4, -0.2) is 68.5 Å². The van der Waals surface area contributed by atoms with Crippen molar-refractivity contribution in [2.45, 2.75) is 37.2 Å². The highest BCUT2D eigenvalue weighted by Gasteiger charge is 2.31. The maximum absolute atomic E-state index is 13.2. The fourth-order valence-corrected chi connectivity index (χ4v) is 5.21. The van der Waals surface area contributed by atoms with Gasteiger partial charge < -0.3 is 15.1 Å². The average Bonchev–Trinajstić information content (AvgIpc) is 3.53. The first-order valence-corrected chi connectivity index (χ1v) is 12.2. The van der Waals surface area contributed by atoms with Crippen LogP contribution in [0.25, 0.3) is 0 Å². The molecule has 0 aliphatic carbocycles. The summed E-state index contributed by atoms with van der Waals surface area (Å²) in [7, 11) is 1.76. The van der Waals surface area contributed by atoms with Crippen molar-refractivity contribution in [1.82, 2.24) is 30.0 Å². The molecule has 0 saturated carbocycles. The number of nitrogens with one attached hydrogen (secondary N) is 1. The zero-order chi connectivity index (χ0) is 23.7. The number of hydrogen-bond donors (Lipinski definition) is 1. The highest BCUT2D eigenvalue weighted by atomic mass is 32.2. The van der Waals surface area contributed by atoms with Crippen LogP contribution in [-0.2, 0) is 11.3 Å². The van der Waals surface area contributed by atoms with Crippen LogP contribution in [0.5, 0.6) is 0 Å². The van der Waals surface area contributed by atoms with Crippen molar-refractivity contribution >= 4 is 35.0 Å². The van der Waals surface area contributed by atoms with Crippen LogP contribution in [0.2, 0.25) is 0 Å². The predicted molar refractivity (Wildman–Crippen MR) is 129 cm³/mol. The number of nitrogens with zero attached hydrogens (tertiary/aromatic N) is 7. The lowest BCUT2D eigenvalue weighted by Gasteiger charge is -2.24. The Balaban J connectivity index is 1.26. The molecule has 0 bridgehead atoms.